The molecule has 0 atom stereocenters. The Bertz CT molecular complexity index is 236. The van der Waals surface area contributed by atoms with Gasteiger partial charge in [0.15, 0.2) is 5.76 Å². The van der Waals surface area contributed by atoms with Gasteiger partial charge in [0.25, 0.3) is 0 Å². The first-order chi connectivity index (χ1) is 5.79. The number of aliphatic hydroxyl groups is 1. The van der Waals surface area contributed by atoms with Crippen LogP contribution in [-0.2, 0) is 4.74 Å². The first-order valence-corrected chi connectivity index (χ1v) is 4.06. The van der Waals surface area contributed by atoms with Crippen molar-refractivity contribution in [1.29, 1.82) is 0 Å². The van der Waals surface area contributed by atoms with Crippen molar-refractivity contribution in [2.45, 2.75) is 19.3 Å². The number of hydrogen-bond acceptors (Lipinski definition) is 2. The predicted molar refractivity (Wildman–Crippen MR) is 48.8 cm³/mol. The molecule has 2 heteroatoms. The molecule has 0 spiro atoms. The van der Waals surface area contributed by atoms with Crippen molar-refractivity contribution in [2.75, 3.05) is 7.11 Å². The van der Waals surface area contributed by atoms with Gasteiger partial charge in [-0.2, -0.15) is 0 Å². The highest BCUT2D eigenvalue weighted by Gasteiger charge is 2.13. The van der Waals surface area contributed by atoms with Crippen molar-refractivity contribution in [1.82, 2.24) is 0 Å². The molecule has 12 heavy (non-hydrogen) atoms. The fourth-order valence-corrected chi connectivity index (χ4v) is 1.31. The van der Waals surface area contributed by atoms with Gasteiger partial charge in [0.05, 0.1) is 7.11 Å². The maximum Gasteiger partial charge on any atom is 0.156 e. The predicted octanol–water partition coefficient (Wildman–Crippen LogP) is 2.70. The van der Waals surface area contributed by atoms with Gasteiger partial charge in [0.2, 0.25) is 0 Å². The van der Waals surface area contributed by atoms with Gasteiger partial charge >= 0.3 is 0 Å². The second kappa shape index (κ2) is 4.00. The van der Waals surface area contributed by atoms with E-state index in [4.69, 9.17) is 4.74 Å². The van der Waals surface area contributed by atoms with Crippen LogP contribution in [0.25, 0.3) is 0 Å². The normalized spacial score (nSPS) is 17.2. The van der Waals surface area contributed by atoms with Crippen molar-refractivity contribution < 1.29 is 9.84 Å². The molecular formula is C10H14O2. The molecule has 1 N–H and O–H groups in total. The van der Waals surface area contributed by atoms with Crippen molar-refractivity contribution in [3.63, 3.8) is 0 Å². The molecule has 2 nitrogen and oxygen atoms in total. The molecule has 1 rings (SSSR count). The minimum atomic E-state index is 0.295. The van der Waals surface area contributed by atoms with Crippen LogP contribution in [-0.4, -0.2) is 12.2 Å². The zero-order valence-electron chi connectivity index (χ0n) is 7.34. The fourth-order valence-electron chi connectivity index (χ4n) is 1.31. The third kappa shape index (κ3) is 1.70. The zero-order valence-corrected chi connectivity index (χ0v) is 7.34. The summed E-state index contributed by atoms with van der Waals surface area (Å²) in [7, 11) is 1.59. The first kappa shape index (κ1) is 8.91. The van der Waals surface area contributed by atoms with Gasteiger partial charge in [0, 0.05) is 6.42 Å². The molecule has 0 aliphatic heterocycles. The fraction of sp³-hybridized carbons (Fsp3) is 0.400. The van der Waals surface area contributed by atoms with Crippen LogP contribution < -0.4 is 0 Å². The lowest BCUT2D eigenvalue weighted by Crippen LogP contribution is -2.02. The SMILES string of the molecule is C=CCC1=CCCC(OC)=C1O. The Balaban J connectivity index is 2.81. The van der Waals surface area contributed by atoms with Crippen LogP contribution in [0, 0.1) is 0 Å². The zero-order chi connectivity index (χ0) is 8.97. The summed E-state index contributed by atoms with van der Waals surface area (Å²) in [6.07, 6.45) is 6.25. The van der Waals surface area contributed by atoms with Crippen LogP contribution in [0.15, 0.2) is 35.8 Å². The second-order valence-corrected chi connectivity index (χ2v) is 2.74. The van der Waals surface area contributed by atoms with E-state index in [0.717, 1.165) is 18.4 Å². The van der Waals surface area contributed by atoms with Gasteiger partial charge < -0.3 is 9.84 Å². The first-order valence-electron chi connectivity index (χ1n) is 4.06. The molecule has 66 valence electrons. The Labute approximate surface area is 72.9 Å². The summed E-state index contributed by atoms with van der Waals surface area (Å²) in [6, 6.07) is 0. The van der Waals surface area contributed by atoms with Crippen LogP contribution in [0.3, 0.4) is 0 Å². The van der Waals surface area contributed by atoms with E-state index in [2.05, 4.69) is 6.58 Å². The Kier molecular flexibility index (Phi) is 2.97. The molecule has 0 saturated heterocycles. The summed E-state index contributed by atoms with van der Waals surface area (Å²) in [6.45, 7) is 3.62. The maximum atomic E-state index is 9.60. The lowest BCUT2D eigenvalue weighted by atomic mass is 10.0. The molecule has 0 aromatic rings. The van der Waals surface area contributed by atoms with E-state index >= 15 is 0 Å². The minimum Gasteiger partial charge on any atom is -0.504 e. The van der Waals surface area contributed by atoms with E-state index in [1.165, 1.54) is 0 Å². The van der Waals surface area contributed by atoms with Crippen molar-refractivity contribution in [3.8, 4) is 0 Å². The Morgan fingerprint density at radius 2 is 2.50 bits per heavy atom. The van der Waals surface area contributed by atoms with Crippen molar-refractivity contribution >= 4 is 0 Å². The lowest BCUT2D eigenvalue weighted by Gasteiger charge is -2.15. The van der Waals surface area contributed by atoms with Crippen molar-refractivity contribution in [2.24, 2.45) is 0 Å². The largest absolute Gasteiger partial charge is 0.504 e. The molecule has 0 aromatic heterocycles. The van der Waals surface area contributed by atoms with Crippen LogP contribution in [0.2, 0.25) is 0 Å². The van der Waals surface area contributed by atoms with Crippen LogP contribution >= 0.6 is 0 Å². The van der Waals surface area contributed by atoms with Crippen molar-refractivity contribution in [3.05, 3.63) is 35.8 Å². The van der Waals surface area contributed by atoms with Gasteiger partial charge in [0.1, 0.15) is 5.76 Å². The molecule has 0 unspecified atom stereocenters. The van der Waals surface area contributed by atoms with Gasteiger partial charge in [-0.05, 0) is 18.4 Å². The third-order valence-electron chi connectivity index (χ3n) is 1.94. The van der Waals surface area contributed by atoms with E-state index in [0.29, 0.717) is 17.9 Å². The van der Waals surface area contributed by atoms with E-state index in [1.54, 1.807) is 13.2 Å². The van der Waals surface area contributed by atoms with Gasteiger partial charge in [-0.25, -0.2) is 0 Å². The summed E-state index contributed by atoms with van der Waals surface area (Å²) in [5.41, 5.74) is 0.924. The molecule has 1 aliphatic carbocycles. The van der Waals surface area contributed by atoms with Gasteiger partial charge in [-0.15, -0.1) is 6.58 Å². The maximum absolute atomic E-state index is 9.60. The Hall–Kier alpha value is -1.18. The number of methoxy groups -OCH3 is 1. The highest BCUT2D eigenvalue weighted by Crippen LogP contribution is 2.25. The smallest absolute Gasteiger partial charge is 0.156 e. The minimum absolute atomic E-state index is 0.295. The highest BCUT2D eigenvalue weighted by molar-refractivity contribution is 5.32. The van der Waals surface area contributed by atoms with Gasteiger partial charge in [-0.3, -0.25) is 0 Å². The molecule has 0 radical (unpaired) electrons. The van der Waals surface area contributed by atoms with E-state index in [-0.39, 0.29) is 0 Å². The number of allylic oxidation sites excluding steroid dienone is 4. The topological polar surface area (TPSA) is 29.5 Å². The number of aliphatic hydroxyl groups excluding tert-OH is 1. The average molecular weight is 166 g/mol. The van der Waals surface area contributed by atoms with Crippen LogP contribution in [0.5, 0.6) is 0 Å². The molecule has 0 heterocycles. The molecular weight excluding hydrogens is 152 g/mol. The standard InChI is InChI=1S/C10H14O2/c1-3-5-8-6-4-7-9(12-2)10(8)11/h3,6,11H,1,4-5,7H2,2H3. The summed E-state index contributed by atoms with van der Waals surface area (Å²) in [4.78, 5) is 0. The average Bonchev–Trinajstić information content (AvgIpc) is 2.09. The highest BCUT2D eigenvalue weighted by atomic mass is 16.5. The number of rotatable bonds is 3. The lowest BCUT2D eigenvalue weighted by molar-refractivity contribution is 0.241. The van der Waals surface area contributed by atoms with E-state index < -0.39 is 0 Å². The molecule has 0 amide bonds. The Morgan fingerprint density at radius 3 is 3.08 bits per heavy atom. The number of ether oxygens (including phenoxy) is 1. The number of hydrogen-bond donors (Lipinski definition) is 1. The van der Waals surface area contributed by atoms with E-state index in [9.17, 15) is 5.11 Å². The third-order valence-corrected chi connectivity index (χ3v) is 1.94. The van der Waals surface area contributed by atoms with Crippen LogP contribution in [0.1, 0.15) is 19.3 Å². The van der Waals surface area contributed by atoms with E-state index in [1.807, 2.05) is 6.08 Å². The quantitative estimate of drug-likeness (QED) is 0.653. The summed E-state index contributed by atoms with van der Waals surface area (Å²) < 4.78 is 5.03. The Morgan fingerprint density at radius 1 is 1.75 bits per heavy atom. The van der Waals surface area contributed by atoms with Gasteiger partial charge in [-0.1, -0.05) is 12.2 Å². The van der Waals surface area contributed by atoms with Crippen LogP contribution in [0.4, 0.5) is 0 Å². The summed E-state index contributed by atoms with van der Waals surface area (Å²) in [5, 5.41) is 9.60. The summed E-state index contributed by atoms with van der Waals surface area (Å²) >= 11 is 0. The molecule has 0 saturated carbocycles. The second-order valence-electron chi connectivity index (χ2n) is 2.74. The molecule has 0 fully saturated rings. The summed E-state index contributed by atoms with van der Waals surface area (Å²) in [5.74, 6) is 0.984. The monoisotopic (exact) mass is 166 g/mol. The molecule has 0 aromatic carbocycles. The molecule has 1 aliphatic rings. The molecule has 0 bridgehead atoms.